The second-order valence-electron chi connectivity index (χ2n) is 8.76. The Labute approximate surface area is 234 Å². The number of hydrogen-bond donors (Lipinski definition) is 2. The van der Waals surface area contributed by atoms with E-state index in [9.17, 15) is 36.7 Å². The van der Waals surface area contributed by atoms with Gasteiger partial charge >= 0.3 is 12.1 Å². The Morgan fingerprint density at radius 2 is 1.65 bits per heavy atom. The molecule has 1 aliphatic heterocycles. The molecule has 0 saturated carbocycles. The van der Waals surface area contributed by atoms with Gasteiger partial charge in [-0.3, -0.25) is 14.4 Å². The lowest BCUT2D eigenvalue weighted by Crippen LogP contribution is -2.49. The Bertz CT molecular complexity index is 1280. The Morgan fingerprint density at radius 3 is 2.25 bits per heavy atom. The molecule has 1 heterocycles. The number of hydrogen-bond acceptors (Lipinski definition) is 6. The van der Waals surface area contributed by atoms with Gasteiger partial charge in [0.25, 0.3) is 0 Å². The van der Waals surface area contributed by atoms with Gasteiger partial charge in [0.05, 0.1) is 6.42 Å². The molecule has 9 nitrogen and oxygen atoms in total. The number of ether oxygens (including phenoxy) is 2. The monoisotopic (exact) mass is 608 g/mol. The summed E-state index contributed by atoms with van der Waals surface area (Å²) in [6.45, 7) is -1.08. The van der Waals surface area contributed by atoms with Crippen LogP contribution in [-0.4, -0.2) is 59.5 Å². The van der Waals surface area contributed by atoms with E-state index in [4.69, 9.17) is 33.0 Å². The molecule has 0 spiro atoms. The van der Waals surface area contributed by atoms with Gasteiger partial charge in [-0.2, -0.15) is 8.78 Å². The Morgan fingerprint density at radius 1 is 1.02 bits per heavy atom. The number of carbonyl (C=O) groups excluding carboxylic acids is 3. The van der Waals surface area contributed by atoms with E-state index in [1.807, 2.05) is 0 Å². The first-order valence-corrected chi connectivity index (χ1v) is 12.5. The van der Waals surface area contributed by atoms with Crippen molar-refractivity contribution in [2.45, 2.75) is 31.9 Å². The first-order valence-electron chi connectivity index (χ1n) is 11.7. The van der Waals surface area contributed by atoms with Crippen molar-refractivity contribution < 1.29 is 51.3 Å². The summed E-state index contributed by atoms with van der Waals surface area (Å²) in [5.41, 5.74) is 0.503. The Kier molecular flexibility index (Phi) is 10.6. The number of piperidine rings is 1. The molecule has 40 heavy (non-hydrogen) atoms. The highest BCUT2D eigenvalue weighted by molar-refractivity contribution is 6.33. The fourth-order valence-corrected chi connectivity index (χ4v) is 4.21. The highest BCUT2D eigenvalue weighted by Crippen LogP contribution is 2.27. The second kappa shape index (κ2) is 13.7. The lowest BCUT2D eigenvalue weighted by Gasteiger charge is -2.31. The summed E-state index contributed by atoms with van der Waals surface area (Å²) in [5, 5.41) is 12.2. The van der Waals surface area contributed by atoms with Crippen molar-refractivity contribution in [2.75, 3.05) is 19.7 Å². The van der Waals surface area contributed by atoms with Gasteiger partial charge in [-0.1, -0.05) is 23.2 Å². The molecule has 216 valence electrons. The average Bonchev–Trinajstić information content (AvgIpc) is 2.91. The molecule has 1 atom stereocenters. The van der Waals surface area contributed by atoms with E-state index < -0.39 is 77.8 Å². The molecular formula is C25H22Cl2F4N2O7. The van der Waals surface area contributed by atoms with Crippen LogP contribution in [0.15, 0.2) is 24.3 Å². The number of benzene rings is 2. The van der Waals surface area contributed by atoms with Crippen LogP contribution in [0.4, 0.5) is 22.4 Å². The predicted octanol–water partition coefficient (Wildman–Crippen LogP) is 4.51. The number of nitrogens with one attached hydrogen (secondary N) is 1. The molecule has 2 amide bonds. The molecule has 1 fully saturated rings. The molecule has 2 aromatic rings. The molecule has 0 bridgehead atoms. The van der Waals surface area contributed by atoms with E-state index in [0.29, 0.717) is 15.6 Å². The van der Waals surface area contributed by atoms with Gasteiger partial charge < -0.3 is 24.8 Å². The van der Waals surface area contributed by atoms with Crippen LogP contribution >= 0.6 is 23.2 Å². The lowest BCUT2D eigenvalue weighted by molar-refractivity contribution is -0.141. The molecule has 15 heteroatoms. The Balaban J connectivity index is 1.54. The number of nitrogens with zero attached hydrogens (tertiary/aromatic N) is 1. The molecule has 3 rings (SSSR count). The van der Waals surface area contributed by atoms with Gasteiger partial charge in [0.15, 0.2) is 23.2 Å². The van der Waals surface area contributed by atoms with E-state index >= 15 is 0 Å². The van der Waals surface area contributed by atoms with Crippen LogP contribution in [0.25, 0.3) is 0 Å². The number of Topliss-reactive ketones (excluding diaryl/α,β-unsaturated/α-hetero) is 1. The maximum atomic E-state index is 13.8. The van der Waals surface area contributed by atoms with Crippen LogP contribution in [0.1, 0.15) is 24.8 Å². The van der Waals surface area contributed by atoms with E-state index in [2.05, 4.69) is 10.1 Å². The van der Waals surface area contributed by atoms with Crippen LogP contribution in [0, 0.1) is 29.2 Å². The van der Waals surface area contributed by atoms with Gasteiger partial charge in [-0.05, 0) is 31.0 Å². The maximum Gasteiger partial charge on any atom is 0.410 e. The number of carbonyl (C=O) groups is 4. The molecule has 0 unspecified atom stereocenters. The van der Waals surface area contributed by atoms with Gasteiger partial charge in [-0.15, -0.1) is 0 Å². The van der Waals surface area contributed by atoms with Crippen molar-refractivity contribution in [3.8, 4) is 5.75 Å². The summed E-state index contributed by atoms with van der Waals surface area (Å²) in [6, 6.07) is 2.98. The van der Waals surface area contributed by atoms with Crippen molar-refractivity contribution in [3.63, 3.8) is 0 Å². The average molecular weight is 609 g/mol. The van der Waals surface area contributed by atoms with Gasteiger partial charge in [0.2, 0.25) is 17.5 Å². The fraction of sp³-hybridized carbons (Fsp3) is 0.360. The summed E-state index contributed by atoms with van der Waals surface area (Å²) in [6.07, 6.45) is -1.24. The standard InChI is InChI=1S/C25H22Cl2F4N2O7/c26-14-1-2-15(27)13(7-14)10-40-25(38)33-5-3-12(4-6-33)24(37)32-18(9-20(35)36)19(34)11-39-23-21(30)16(28)8-17(29)22(23)31/h1-2,7-8,12,18H,3-6,9-11H2,(H,32,37)(H,35,36)/t18-/m0/s1. The number of carboxylic acid groups (broad SMARTS) is 1. The summed E-state index contributed by atoms with van der Waals surface area (Å²) in [7, 11) is 0. The molecule has 1 aliphatic rings. The minimum atomic E-state index is -1.88. The minimum absolute atomic E-state index is 0.0489. The summed E-state index contributed by atoms with van der Waals surface area (Å²) < 4.78 is 64.1. The normalized spacial score (nSPS) is 14.4. The van der Waals surface area contributed by atoms with Crippen LogP contribution in [0.3, 0.4) is 0 Å². The Hall–Kier alpha value is -3.58. The van der Waals surface area contributed by atoms with Crippen LogP contribution in [0.5, 0.6) is 5.75 Å². The number of ketones is 1. The van der Waals surface area contributed by atoms with Gasteiger partial charge in [0.1, 0.15) is 19.3 Å². The largest absolute Gasteiger partial charge is 0.481 e. The van der Waals surface area contributed by atoms with Crippen molar-refractivity contribution in [3.05, 3.63) is 63.1 Å². The molecular weight excluding hydrogens is 587 g/mol. The molecule has 0 radical (unpaired) electrons. The zero-order valence-electron chi connectivity index (χ0n) is 20.5. The number of carboxylic acids is 1. The SMILES string of the molecule is O=C(O)C[C@H](NC(=O)C1CCN(C(=O)OCc2cc(Cl)ccc2Cl)CC1)C(=O)COc1c(F)c(F)cc(F)c1F. The summed E-state index contributed by atoms with van der Waals surface area (Å²) in [4.78, 5) is 50.3. The van der Waals surface area contributed by atoms with Gasteiger partial charge in [-0.25, -0.2) is 13.6 Å². The first kappa shape index (κ1) is 31.0. The van der Waals surface area contributed by atoms with E-state index in [-0.39, 0.29) is 38.6 Å². The molecule has 0 aliphatic carbocycles. The predicted molar refractivity (Wildman–Crippen MR) is 132 cm³/mol. The minimum Gasteiger partial charge on any atom is -0.481 e. The first-order chi connectivity index (χ1) is 18.9. The second-order valence-corrected chi connectivity index (χ2v) is 9.61. The number of aliphatic carboxylic acids is 1. The zero-order valence-corrected chi connectivity index (χ0v) is 22.0. The molecule has 1 saturated heterocycles. The van der Waals surface area contributed by atoms with Crippen LogP contribution in [-0.2, 0) is 25.7 Å². The van der Waals surface area contributed by atoms with Crippen molar-refractivity contribution >= 4 is 47.0 Å². The molecule has 2 N–H and O–H groups in total. The highest BCUT2D eigenvalue weighted by atomic mass is 35.5. The van der Waals surface area contributed by atoms with Crippen molar-refractivity contribution in [1.29, 1.82) is 0 Å². The fourth-order valence-electron chi connectivity index (χ4n) is 3.84. The quantitative estimate of drug-likeness (QED) is 0.301. The van der Waals surface area contributed by atoms with E-state index in [1.165, 1.54) is 4.90 Å². The van der Waals surface area contributed by atoms with E-state index in [1.54, 1.807) is 18.2 Å². The maximum absolute atomic E-state index is 13.8. The lowest BCUT2D eigenvalue weighted by atomic mass is 9.95. The molecule has 2 aromatic carbocycles. The van der Waals surface area contributed by atoms with Gasteiger partial charge in [0, 0.05) is 40.7 Å². The number of rotatable bonds is 10. The zero-order chi connectivity index (χ0) is 29.6. The molecule has 0 aromatic heterocycles. The third-order valence-electron chi connectivity index (χ3n) is 6.00. The third-order valence-corrected chi connectivity index (χ3v) is 6.60. The smallest absolute Gasteiger partial charge is 0.410 e. The van der Waals surface area contributed by atoms with E-state index in [0.717, 1.165) is 0 Å². The summed E-state index contributed by atoms with van der Waals surface area (Å²) in [5.74, 6) is -12.8. The van der Waals surface area contributed by atoms with Crippen molar-refractivity contribution in [1.82, 2.24) is 10.2 Å². The van der Waals surface area contributed by atoms with Crippen LogP contribution in [0.2, 0.25) is 10.0 Å². The number of halogens is 6. The topological polar surface area (TPSA) is 122 Å². The highest BCUT2D eigenvalue weighted by Gasteiger charge is 2.32. The number of likely N-dealkylation sites (tertiary alicyclic amines) is 1. The number of amides is 2. The summed E-state index contributed by atoms with van der Waals surface area (Å²) >= 11 is 12.0. The third kappa shape index (κ3) is 7.98. The van der Waals surface area contributed by atoms with Crippen LogP contribution < -0.4 is 10.1 Å². The van der Waals surface area contributed by atoms with Crippen molar-refractivity contribution in [2.24, 2.45) is 5.92 Å².